The molecule has 1 aromatic carbocycles. The van der Waals surface area contributed by atoms with E-state index in [2.05, 4.69) is 29.6 Å². The van der Waals surface area contributed by atoms with Crippen LogP contribution in [0.2, 0.25) is 0 Å². The lowest BCUT2D eigenvalue weighted by atomic mass is 9.87. The van der Waals surface area contributed by atoms with Crippen LogP contribution in [0.3, 0.4) is 0 Å². The molecule has 1 unspecified atom stereocenters. The van der Waals surface area contributed by atoms with Crippen LogP contribution in [0, 0.1) is 0 Å². The van der Waals surface area contributed by atoms with Gasteiger partial charge >= 0.3 is 6.03 Å². The zero-order valence-corrected chi connectivity index (χ0v) is 14.7. The molecule has 3 rings (SSSR count). The first-order valence-electron chi connectivity index (χ1n) is 8.63. The molecule has 2 amide bonds. The average molecular weight is 326 g/mol. The van der Waals surface area contributed by atoms with Gasteiger partial charge in [0.05, 0.1) is 18.8 Å². The maximum atomic E-state index is 13.0. The van der Waals surface area contributed by atoms with E-state index in [1.165, 1.54) is 11.1 Å². The fraction of sp³-hybridized carbons (Fsp3) is 0.450. The molecule has 0 radical (unpaired) electrons. The standard InChI is InChI=1S/C20H26N2O2/c1-20(2,3)21-19(23)22(14-16-10-7-13-24-16)18-12-6-9-15-8-4-5-11-17(15)18/h4-5,7-8,10-11,13,18H,6,9,12,14H2,1-3H3,(H,21,23). The quantitative estimate of drug-likeness (QED) is 0.891. The van der Waals surface area contributed by atoms with E-state index in [0.29, 0.717) is 6.54 Å². The highest BCUT2D eigenvalue weighted by Gasteiger charge is 2.31. The Labute approximate surface area is 143 Å². The van der Waals surface area contributed by atoms with Crippen molar-refractivity contribution < 1.29 is 9.21 Å². The van der Waals surface area contributed by atoms with Crippen molar-refractivity contribution in [3.05, 3.63) is 59.5 Å². The van der Waals surface area contributed by atoms with Gasteiger partial charge in [-0.1, -0.05) is 24.3 Å². The van der Waals surface area contributed by atoms with Gasteiger partial charge in [-0.2, -0.15) is 0 Å². The first-order chi connectivity index (χ1) is 11.4. The van der Waals surface area contributed by atoms with E-state index in [-0.39, 0.29) is 17.6 Å². The minimum atomic E-state index is -0.271. The molecule has 1 aliphatic rings. The van der Waals surface area contributed by atoms with Gasteiger partial charge in [-0.15, -0.1) is 0 Å². The lowest BCUT2D eigenvalue weighted by Gasteiger charge is -2.37. The normalized spacial score (nSPS) is 17.2. The third-order valence-electron chi connectivity index (χ3n) is 4.36. The average Bonchev–Trinajstić information content (AvgIpc) is 3.03. The fourth-order valence-electron chi connectivity index (χ4n) is 3.34. The van der Waals surface area contributed by atoms with Crippen molar-refractivity contribution in [3.8, 4) is 0 Å². The Morgan fingerprint density at radius 2 is 2.04 bits per heavy atom. The number of nitrogens with one attached hydrogen (secondary N) is 1. The smallest absolute Gasteiger partial charge is 0.318 e. The van der Waals surface area contributed by atoms with E-state index < -0.39 is 0 Å². The molecule has 2 aromatic rings. The molecule has 0 bridgehead atoms. The lowest BCUT2D eigenvalue weighted by molar-refractivity contribution is 0.149. The van der Waals surface area contributed by atoms with Gasteiger partial charge in [0.25, 0.3) is 0 Å². The Kier molecular flexibility index (Phi) is 4.65. The van der Waals surface area contributed by atoms with Crippen LogP contribution < -0.4 is 5.32 Å². The fourth-order valence-corrected chi connectivity index (χ4v) is 3.34. The predicted octanol–water partition coefficient (Wildman–Crippen LogP) is 4.67. The number of benzene rings is 1. The minimum absolute atomic E-state index is 0.0411. The van der Waals surface area contributed by atoms with E-state index in [9.17, 15) is 4.79 Å². The van der Waals surface area contributed by atoms with Crippen LogP contribution >= 0.6 is 0 Å². The van der Waals surface area contributed by atoms with Gasteiger partial charge in [-0.05, 0) is 63.3 Å². The summed E-state index contributed by atoms with van der Waals surface area (Å²) in [6.07, 6.45) is 4.82. The van der Waals surface area contributed by atoms with E-state index in [1.54, 1.807) is 6.26 Å². The van der Waals surface area contributed by atoms with Gasteiger partial charge in [0.1, 0.15) is 5.76 Å². The number of carbonyl (C=O) groups excluding carboxylic acids is 1. The molecule has 0 saturated carbocycles. The van der Waals surface area contributed by atoms with Crippen molar-refractivity contribution in [1.29, 1.82) is 0 Å². The summed E-state index contributed by atoms with van der Waals surface area (Å²) >= 11 is 0. The largest absolute Gasteiger partial charge is 0.467 e. The molecule has 128 valence electrons. The summed E-state index contributed by atoms with van der Waals surface area (Å²) in [5.74, 6) is 0.808. The number of aryl methyl sites for hydroxylation is 1. The molecule has 1 heterocycles. The number of amides is 2. The topological polar surface area (TPSA) is 45.5 Å². The van der Waals surface area contributed by atoms with E-state index in [4.69, 9.17) is 4.42 Å². The van der Waals surface area contributed by atoms with Crippen molar-refractivity contribution >= 4 is 6.03 Å². The molecule has 4 nitrogen and oxygen atoms in total. The molecule has 0 saturated heterocycles. The zero-order valence-electron chi connectivity index (χ0n) is 14.7. The number of hydrogen-bond donors (Lipinski definition) is 1. The molecule has 24 heavy (non-hydrogen) atoms. The van der Waals surface area contributed by atoms with Crippen molar-refractivity contribution in [2.24, 2.45) is 0 Å². The summed E-state index contributed by atoms with van der Waals surface area (Å²) in [7, 11) is 0. The van der Waals surface area contributed by atoms with Crippen molar-refractivity contribution in [2.45, 2.75) is 58.2 Å². The van der Waals surface area contributed by atoms with Crippen LogP contribution in [-0.4, -0.2) is 16.5 Å². The number of rotatable bonds is 3. The third kappa shape index (κ3) is 3.81. The predicted molar refractivity (Wildman–Crippen MR) is 94.7 cm³/mol. The first kappa shape index (κ1) is 16.6. The first-order valence-corrected chi connectivity index (χ1v) is 8.63. The van der Waals surface area contributed by atoms with E-state index in [0.717, 1.165) is 25.0 Å². The van der Waals surface area contributed by atoms with Gasteiger partial charge in [0.2, 0.25) is 0 Å². The molecule has 1 aliphatic carbocycles. The third-order valence-corrected chi connectivity index (χ3v) is 4.36. The molecule has 0 aliphatic heterocycles. The second kappa shape index (κ2) is 6.71. The number of fused-ring (bicyclic) bond motifs is 1. The number of furan rings is 1. The van der Waals surface area contributed by atoms with Crippen LogP contribution in [0.5, 0.6) is 0 Å². The highest BCUT2D eigenvalue weighted by atomic mass is 16.3. The maximum Gasteiger partial charge on any atom is 0.318 e. The monoisotopic (exact) mass is 326 g/mol. The molecule has 4 heteroatoms. The van der Waals surface area contributed by atoms with Crippen LogP contribution in [-0.2, 0) is 13.0 Å². The molecule has 1 atom stereocenters. The molecule has 0 spiro atoms. The van der Waals surface area contributed by atoms with Crippen molar-refractivity contribution in [3.63, 3.8) is 0 Å². The van der Waals surface area contributed by atoms with Crippen LogP contribution in [0.1, 0.15) is 56.5 Å². The Balaban J connectivity index is 1.91. The van der Waals surface area contributed by atoms with E-state index in [1.807, 2.05) is 37.8 Å². The summed E-state index contributed by atoms with van der Waals surface area (Å²) in [5.41, 5.74) is 2.34. The van der Waals surface area contributed by atoms with Gasteiger partial charge in [0.15, 0.2) is 0 Å². The minimum Gasteiger partial charge on any atom is -0.467 e. The van der Waals surface area contributed by atoms with E-state index >= 15 is 0 Å². The molecule has 1 aromatic heterocycles. The van der Waals surface area contributed by atoms with Crippen molar-refractivity contribution in [2.75, 3.05) is 0 Å². The van der Waals surface area contributed by atoms with Gasteiger partial charge in [0, 0.05) is 5.54 Å². The van der Waals surface area contributed by atoms with Crippen LogP contribution in [0.25, 0.3) is 0 Å². The van der Waals surface area contributed by atoms with Crippen LogP contribution in [0.15, 0.2) is 47.1 Å². The number of carbonyl (C=O) groups is 1. The summed E-state index contributed by atoms with van der Waals surface area (Å²) in [6, 6.07) is 12.3. The molecule has 0 fully saturated rings. The lowest BCUT2D eigenvalue weighted by Crippen LogP contribution is -2.49. The van der Waals surface area contributed by atoms with Gasteiger partial charge in [-0.25, -0.2) is 4.79 Å². The maximum absolute atomic E-state index is 13.0. The summed E-state index contributed by atoms with van der Waals surface area (Å²) in [5, 5.41) is 3.11. The summed E-state index contributed by atoms with van der Waals surface area (Å²) < 4.78 is 5.50. The SMILES string of the molecule is CC(C)(C)NC(=O)N(Cc1ccco1)C1CCCc2ccccc21. The molecule has 1 N–H and O–H groups in total. The second-order valence-electron chi connectivity index (χ2n) is 7.49. The Morgan fingerprint density at radius 3 is 2.75 bits per heavy atom. The molecular weight excluding hydrogens is 300 g/mol. The Bertz CT molecular complexity index is 686. The molecular formula is C20H26N2O2. The van der Waals surface area contributed by atoms with Gasteiger partial charge in [-0.3, -0.25) is 0 Å². The second-order valence-corrected chi connectivity index (χ2v) is 7.49. The number of hydrogen-bond acceptors (Lipinski definition) is 2. The highest BCUT2D eigenvalue weighted by Crippen LogP contribution is 2.35. The summed E-state index contributed by atoms with van der Waals surface area (Å²) in [6.45, 7) is 6.49. The number of urea groups is 1. The van der Waals surface area contributed by atoms with Crippen LogP contribution in [0.4, 0.5) is 4.79 Å². The summed E-state index contributed by atoms with van der Waals surface area (Å²) in [4.78, 5) is 14.9. The number of nitrogens with zero attached hydrogens (tertiary/aromatic N) is 1. The highest BCUT2D eigenvalue weighted by molar-refractivity contribution is 5.75. The Morgan fingerprint density at radius 1 is 1.25 bits per heavy atom. The Hall–Kier alpha value is -2.23. The van der Waals surface area contributed by atoms with Crippen molar-refractivity contribution in [1.82, 2.24) is 10.2 Å². The zero-order chi connectivity index (χ0) is 17.2. The van der Waals surface area contributed by atoms with Gasteiger partial charge < -0.3 is 14.6 Å².